The number of rotatable bonds is 5. The molecule has 1 N–H and O–H groups in total. The third kappa shape index (κ3) is 4.07. The van der Waals surface area contributed by atoms with E-state index >= 15 is 0 Å². The van der Waals surface area contributed by atoms with Crippen LogP contribution in [0.15, 0.2) is 5.16 Å². The van der Waals surface area contributed by atoms with Crippen molar-refractivity contribution >= 4 is 5.71 Å². The Hall–Kier alpha value is -0.610. The molecule has 0 spiro atoms. The average molecular weight is 200 g/mol. The number of methoxy groups -OCH3 is 1. The highest BCUT2D eigenvalue weighted by Gasteiger charge is 2.14. The Kier molecular flexibility index (Phi) is 5.56. The standard InChI is InChI=1S/C10H20N2O2/c1-14-9-3-2-6-12-7-4-10(11-13)5-8-12/h13H,2-9H2,1H3. The first-order chi connectivity index (χ1) is 6.86. The van der Waals surface area contributed by atoms with Crippen molar-refractivity contribution in [2.75, 3.05) is 33.4 Å². The van der Waals surface area contributed by atoms with E-state index in [9.17, 15) is 0 Å². The third-order valence-corrected chi connectivity index (χ3v) is 2.65. The van der Waals surface area contributed by atoms with E-state index in [4.69, 9.17) is 9.94 Å². The van der Waals surface area contributed by atoms with Crippen LogP contribution < -0.4 is 0 Å². The summed E-state index contributed by atoms with van der Waals surface area (Å²) in [6.07, 6.45) is 4.16. The molecular weight excluding hydrogens is 180 g/mol. The number of oxime groups is 1. The number of nitrogens with zero attached hydrogens (tertiary/aromatic N) is 2. The second kappa shape index (κ2) is 6.79. The maximum absolute atomic E-state index is 8.58. The van der Waals surface area contributed by atoms with Crippen molar-refractivity contribution in [1.82, 2.24) is 4.90 Å². The quantitative estimate of drug-likeness (QED) is 0.414. The number of hydrogen-bond donors (Lipinski definition) is 1. The lowest BCUT2D eigenvalue weighted by atomic mass is 10.1. The molecule has 4 heteroatoms. The van der Waals surface area contributed by atoms with E-state index in [1.807, 2.05) is 0 Å². The summed E-state index contributed by atoms with van der Waals surface area (Å²) in [5.41, 5.74) is 0.943. The van der Waals surface area contributed by atoms with E-state index in [1.54, 1.807) is 7.11 Å². The van der Waals surface area contributed by atoms with Crippen LogP contribution in [0.5, 0.6) is 0 Å². The molecule has 0 saturated carbocycles. The van der Waals surface area contributed by atoms with Gasteiger partial charge in [0, 0.05) is 39.6 Å². The maximum atomic E-state index is 8.58. The zero-order valence-corrected chi connectivity index (χ0v) is 8.91. The van der Waals surface area contributed by atoms with Crippen molar-refractivity contribution in [2.24, 2.45) is 5.16 Å². The van der Waals surface area contributed by atoms with Crippen LogP contribution in [0, 0.1) is 0 Å². The predicted molar refractivity (Wildman–Crippen MR) is 56.0 cm³/mol. The van der Waals surface area contributed by atoms with Gasteiger partial charge in [0.15, 0.2) is 0 Å². The average Bonchev–Trinajstić information content (AvgIpc) is 2.25. The summed E-state index contributed by atoms with van der Waals surface area (Å²) >= 11 is 0. The Morgan fingerprint density at radius 2 is 2.07 bits per heavy atom. The van der Waals surface area contributed by atoms with Crippen molar-refractivity contribution in [2.45, 2.75) is 25.7 Å². The van der Waals surface area contributed by atoms with Crippen LogP contribution in [0.2, 0.25) is 0 Å². The Bertz CT molecular complexity index is 173. The summed E-state index contributed by atoms with van der Waals surface area (Å²) in [5, 5.41) is 11.8. The highest BCUT2D eigenvalue weighted by molar-refractivity contribution is 5.84. The molecule has 4 nitrogen and oxygen atoms in total. The number of unbranched alkanes of at least 4 members (excludes halogenated alkanes) is 1. The van der Waals surface area contributed by atoms with E-state index in [2.05, 4.69) is 10.1 Å². The van der Waals surface area contributed by atoms with Gasteiger partial charge in [0.05, 0.1) is 5.71 Å². The van der Waals surface area contributed by atoms with Crippen molar-refractivity contribution in [3.8, 4) is 0 Å². The van der Waals surface area contributed by atoms with Crippen LogP contribution in [0.3, 0.4) is 0 Å². The van der Waals surface area contributed by atoms with Crippen molar-refractivity contribution in [3.63, 3.8) is 0 Å². The number of piperidine rings is 1. The Morgan fingerprint density at radius 1 is 1.36 bits per heavy atom. The van der Waals surface area contributed by atoms with Gasteiger partial charge in [-0.3, -0.25) is 0 Å². The molecule has 1 aliphatic rings. The number of hydrogen-bond acceptors (Lipinski definition) is 4. The topological polar surface area (TPSA) is 45.1 Å². The van der Waals surface area contributed by atoms with Crippen LogP contribution in [0.25, 0.3) is 0 Å². The summed E-state index contributed by atoms with van der Waals surface area (Å²) in [5.74, 6) is 0. The lowest BCUT2D eigenvalue weighted by Crippen LogP contribution is -2.34. The predicted octanol–water partition coefficient (Wildman–Crippen LogP) is 1.34. The molecule has 0 aromatic carbocycles. The van der Waals surface area contributed by atoms with Crippen LogP contribution in [0.1, 0.15) is 25.7 Å². The van der Waals surface area contributed by atoms with Gasteiger partial charge in [-0.05, 0) is 19.4 Å². The first kappa shape index (κ1) is 11.5. The van der Waals surface area contributed by atoms with E-state index in [1.165, 1.54) is 6.42 Å². The van der Waals surface area contributed by atoms with Crippen LogP contribution in [0.4, 0.5) is 0 Å². The maximum Gasteiger partial charge on any atom is 0.0596 e. The van der Waals surface area contributed by atoms with Gasteiger partial charge < -0.3 is 14.8 Å². The molecule has 0 aromatic rings. The van der Waals surface area contributed by atoms with Crippen LogP contribution in [-0.4, -0.2) is 49.2 Å². The molecule has 0 aliphatic carbocycles. The first-order valence-corrected chi connectivity index (χ1v) is 5.28. The molecule has 0 atom stereocenters. The third-order valence-electron chi connectivity index (χ3n) is 2.65. The van der Waals surface area contributed by atoms with Crippen molar-refractivity contribution in [1.29, 1.82) is 0 Å². The summed E-state index contributed by atoms with van der Waals surface area (Å²) in [4.78, 5) is 2.42. The largest absolute Gasteiger partial charge is 0.411 e. The SMILES string of the molecule is COCCCCN1CCC(=NO)CC1. The van der Waals surface area contributed by atoms with Crippen LogP contribution in [-0.2, 0) is 4.74 Å². The van der Waals surface area contributed by atoms with Crippen molar-refractivity contribution < 1.29 is 9.94 Å². The van der Waals surface area contributed by atoms with E-state index < -0.39 is 0 Å². The van der Waals surface area contributed by atoms with E-state index in [-0.39, 0.29) is 0 Å². The van der Waals surface area contributed by atoms with Gasteiger partial charge in [-0.25, -0.2) is 0 Å². The van der Waals surface area contributed by atoms with Crippen LogP contribution >= 0.6 is 0 Å². The normalized spacial score (nSPS) is 18.5. The molecule has 82 valence electrons. The lowest BCUT2D eigenvalue weighted by Gasteiger charge is -2.26. The monoisotopic (exact) mass is 200 g/mol. The van der Waals surface area contributed by atoms with Gasteiger partial charge in [-0.1, -0.05) is 5.16 Å². The van der Waals surface area contributed by atoms with Gasteiger partial charge in [0.2, 0.25) is 0 Å². The zero-order valence-electron chi connectivity index (χ0n) is 8.91. The fourth-order valence-corrected chi connectivity index (χ4v) is 1.72. The molecule has 1 fully saturated rings. The second-order valence-corrected chi connectivity index (χ2v) is 3.71. The molecule has 0 radical (unpaired) electrons. The summed E-state index contributed by atoms with van der Waals surface area (Å²) < 4.78 is 4.99. The minimum Gasteiger partial charge on any atom is -0.411 e. The van der Waals surface area contributed by atoms with E-state index in [0.29, 0.717) is 0 Å². The number of ether oxygens (including phenoxy) is 1. The molecule has 1 heterocycles. The Labute approximate surface area is 85.5 Å². The Balaban J connectivity index is 2.04. The van der Waals surface area contributed by atoms with E-state index in [0.717, 1.165) is 51.2 Å². The molecule has 14 heavy (non-hydrogen) atoms. The first-order valence-electron chi connectivity index (χ1n) is 5.28. The molecule has 1 saturated heterocycles. The van der Waals surface area contributed by atoms with Gasteiger partial charge in [-0.2, -0.15) is 0 Å². The highest BCUT2D eigenvalue weighted by atomic mass is 16.5. The molecule has 0 bridgehead atoms. The van der Waals surface area contributed by atoms with Gasteiger partial charge in [0.25, 0.3) is 0 Å². The summed E-state index contributed by atoms with van der Waals surface area (Å²) in [6.45, 7) is 4.07. The minimum atomic E-state index is 0.858. The molecule has 1 aliphatic heterocycles. The second-order valence-electron chi connectivity index (χ2n) is 3.71. The minimum absolute atomic E-state index is 0.858. The zero-order chi connectivity index (χ0) is 10.2. The molecule has 0 aromatic heterocycles. The fourth-order valence-electron chi connectivity index (χ4n) is 1.72. The van der Waals surface area contributed by atoms with Gasteiger partial charge in [-0.15, -0.1) is 0 Å². The molecule has 0 unspecified atom stereocenters. The summed E-state index contributed by atoms with van der Waals surface area (Å²) in [6, 6.07) is 0. The Morgan fingerprint density at radius 3 is 2.64 bits per heavy atom. The molecule has 0 amide bonds. The van der Waals surface area contributed by atoms with Crippen molar-refractivity contribution in [3.05, 3.63) is 0 Å². The molecule has 1 rings (SSSR count). The number of likely N-dealkylation sites (tertiary alicyclic amines) is 1. The summed E-state index contributed by atoms with van der Waals surface area (Å²) in [7, 11) is 1.74. The fraction of sp³-hybridized carbons (Fsp3) is 0.900. The molecular formula is C10H20N2O2. The lowest BCUT2D eigenvalue weighted by molar-refractivity contribution is 0.183. The van der Waals surface area contributed by atoms with Gasteiger partial charge >= 0.3 is 0 Å². The van der Waals surface area contributed by atoms with Gasteiger partial charge in [0.1, 0.15) is 0 Å². The smallest absolute Gasteiger partial charge is 0.0596 e. The highest BCUT2D eigenvalue weighted by Crippen LogP contribution is 2.08.